The van der Waals surface area contributed by atoms with Crippen LogP contribution in [0.1, 0.15) is 23.6 Å². The molecule has 0 spiro atoms. The van der Waals surface area contributed by atoms with Crippen LogP contribution in [0.5, 0.6) is 11.5 Å². The molecular weight excluding hydrogens is 428 g/mol. The smallest absolute Gasteiger partial charge is 0.141 e. The van der Waals surface area contributed by atoms with Gasteiger partial charge < -0.3 is 14.7 Å². The molecule has 1 atom stereocenters. The summed E-state index contributed by atoms with van der Waals surface area (Å²) >= 11 is 0. The lowest BCUT2D eigenvalue weighted by molar-refractivity contribution is 0.435. The van der Waals surface area contributed by atoms with Crippen molar-refractivity contribution in [1.29, 1.82) is 0 Å². The van der Waals surface area contributed by atoms with Crippen molar-refractivity contribution >= 4 is 43.6 Å². The van der Waals surface area contributed by atoms with Crippen LogP contribution in [0.4, 0.5) is 0 Å². The predicted octanol–water partition coefficient (Wildman–Crippen LogP) is 8.42. The highest BCUT2D eigenvalue weighted by Crippen LogP contribution is 2.56. The molecule has 3 heteroatoms. The second kappa shape index (κ2) is 6.55. The minimum absolute atomic E-state index is 0.402. The molecule has 5 aromatic carbocycles. The number of aromatic nitrogens is 2. The van der Waals surface area contributed by atoms with Crippen LogP contribution in [0.3, 0.4) is 0 Å². The normalized spacial score (nSPS) is 17.1. The average Bonchev–Trinajstić information content (AvgIpc) is 3.47. The molecule has 7 aromatic rings. The van der Waals surface area contributed by atoms with E-state index in [1.54, 1.807) is 0 Å². The Hall–Kier alpha value is -4.50. The van der Waals surface area contributed by atoms with Gasteiger partial charge in [0.25, 0.3) is 0 Å². The summed E-state index contributed by atoms with van der Waals surface area (Å²) in [6, 6.07) is 36.6. The van der Waals surface area contributed by atoms with Crippen molar-refractivity contribution < 1.29 is 4.74 Å². The lowest BCUT2D eigenvalue weighted by atomic mass is 9.68. The van der Waals surface area contributed by atoms with E-state index < -0.39 is 5.41 Å². The van der Waals surface area contributed by atoms with E-state index in [4.69, 9.17) is 4.74 Å². The maximum atomic E-state index is 6.87. The van der Waals surface area contributed by atoms with E-state index in [1.807, 2.05) is 0 Å². The molecular formula is C32H22N2O. The number of aromatic amines is 2. The molecule has 3 heterocycles. The molecule has 1 aliphatic heterocycles. The highest BCUT2D eigenvalue weighted by molar-refractivity contribution is 6.13. The van der Waals surface area contributed by atoms with Gasteiger partial charge in [-0.2, -0.15) is 0 Å². The zero-order chi connectivity index (χ0) is 23.1. The zero-order valence-electron chi connectivity index (χ0n) is 19.2. The van der Waals surface area contributed by atoms with E-state index in [0.717, 1.165) is 39.0 Å². The number of rotatable bonds is 1. The molecule has 0 aliphatic carbocycles. The maximum Gasteiger partial charge on any atom is 0.141 e. The van der Waals surface area contributed by atoms with Crippen molar-refractivity contribution in [2.45, 2.75) is 12.3 Å². The van der Waals surface area contributed by atoms with Gasteiger partial charge in [-0.25, -0.2) is 0 Å². The first-order chi connectivity index (χ1) is 17.2. The van der Waals surface area contributed by atoms with E-state index in [2.05, 4.69) is 120 Å². The summed E-state index contributed by atoms with van der Waals surface area (Å²) in [7, 11) is 0. The molecule has 0 saturated carbocycles. The van der Waals surface area contributed by atoms with Gasteiger partial charge in [-0.1, -0.05) is 72.8 Å². The first kappa shape index (κ1) is 18.9. The molecule has 0 radical (unpaired) electrons. The molecule has 0 bridgehead atoms. The third kappa shape index (κ3) is 2.35. The molecule has 3 nitrogen and oxygen atoms in total. The summed E-state index contributed by atoms with van der Waals surface area (Å²) in [6.45, 7) is 2.35. The summed E-state index contributed by atoms with van der Waals surface area (Å²) in [4.78, 5) is 7.21. The summed E-state index contributed by atoms with van der Waals surface area (Å²) < 4.78 is 6.87. The van der Waals surface area contributed by atoms with Crippen LogP contribution in [0.15, 0.2) is 103 Å². The van der Waals surface area contributed by atoms with Crippen molar-refractivity contribution in [2.24, 2.45) is 0 Å². The molecule has 1 unspecified atom stereocenters. The summed E-state index contributed by atoms with van der Waals surface area (Å²) in [5, 5.41) is 4.78. The summed E-state index contributed by atoms with van der Waals surface area (Å²) in [5.41, 5.74) is 7.74. The Balaban J connectivity index is 1.57. The molecule has 2 N–H and O–H groups in total. The number of ether oxygens (including phenoxy) is 1. The quantitative estimate of drug-likeness (QED) is 0.259. The predicted molar refractivity (Wildman–Crippen MR) is 144 cm³/mol. The fourth-order valence-corrected chi connectivity index (χ4v) is 6.23. The van der Waals surface area contributed by atoms with E-state index >= 15 is 0 Å². The van der Waals surface area contributed by atoms with Gasteiger partial charge in [0.1, 0.15) is 11.5 Å². The van der Waals surface area contributed by atoms with Crippen molar-refractivity contribution in [1.82, 2.24) is 9.97 Å². The standard InChI is InChI=1S/C32H22N2O/c1-32(19-9-3-2-4-10-19)22-15-16-26-29(21-12-6-8-14-24(21)34-26)31(22)35-27-18-17-25-28(30(27)32)20-11-5-7-13-23(20)33-25/h2-18,33-34H,1H3. The molecule has 0 saturated heterocycles. The van der Waals surface area contributed by atoms with Crippen molar-refractivity contribution in [2.75, 3.05) is 0 Å². The van der Waals surface area contributed by atoms with Crippen LogP contribution in [0, 0.1) is 0 Å². The van der Waals surface area contributed by atoms with E-state index in [-0.39, 0.29) is 0 Å². The van der Waals surface area contributed by atoms with Gasteiger partial charge in [0.2, 0.25) is 0 Å². The fraction of sp³-hybridized carbons (Fsp3) is 0.0625. The minimum Gasteiger partial charge on any atom is -0.456 e. The average molecular weight is 451 g/mol. The molecule has 8 rings (SSSR count). The third-order valence-electron chi connectivity index (χ3n) is 7.86. The number of benzene rings is 5. The third-order valence-corrected chi connectivity index (χ3v) is 7.86. The summed E-state index contributed by atoms with van der Waals surface area (Å²) in [5.74, 6) is 1.86. The maximum absolute atomic E-state index is 6.87. The van der Waals surface area contributed by atoms with Crippen molar-refractivity contribution in [3.05, 3.63) is 120 Å². The number of fused-ring (bicyclic) bond motifs is 10. The van der Waals surface area contributed by atoms with Gasteiger partial charge in [0.05, 0.1) is 16.3 Å². The first-order valence-corrected chi connectivity index (χ1v) is 12.0. The minimum atomic E-state index is -0.402. The van der Waals surface area contributed by atoms with Crippen LogP contribution >= 0.6 is 0 Å². The van der Waals surface area contributed by atoms with Crippen LogP contribution in [-0.2, 0) is 5.41 Å². The Bertz CT molecular complexity index is 1940. The highest BCUT2D eigenvalue weighted by Gasteiger charge is 2.42. The van der Waals surface area contributed by atoms with Crippen LogP contribution in [-0.4, -0.2) is 9.97 Å². The fourth-order valence-electron chi connectivity index (χ4n) is 6.23. The van der Waals surface area contributed by atoms with Gasteiger partial charge in [-0.05, 0) is 42.8 Å². The van der Waals surface area contributed by atoms with Crippen LogP contribution in [0.2, 0.25) is 0 Å². The molecule has 2 aromatic heterocycles. The number of para-hydroxylation sites is 2. The Labute approximate surface area is 202 Å². The van der Waals surface area contributed by atoms with Crippen molar-refractivity contribution in [3.63, 3.8) is 0 Å². The van der Waals surface area contributed by atoms with Gasteiger partial charge in [0.15, 0.2) is 0 Å². The molecule has 0 fully saturated rings. The summed E-state index contributed by atoms with van der Waals surface area (Å²) in [6.07, 6.45) is 0. The lowest BCUT2D eigenvalue weighted by Crippen LogP contribution is -2.29. The second-order valence-electron chi connectivity index (χ2n) is 9.66. The number of H-pyrrole nitrogens is 2. The Morgan fingerprint density at radius 1 is 0.571 bits per heavy atom. The lowest BCUT2D eigenvalue weighted by Gasteiger charge is -2.39. The molecule has 35 heavy (non-hydrogen) atoms. The Morgan fingerprint density at radius 3 is 1.91 bits per heavy atom. The van der Waals surface area contributed by atoms with Crippen LogP contribution < -0.4 is 4.74 Å². The first-order valence-electron chi connectivity index (χ1n) is 12.0. The Morgan fingerprint density at radius 2 is 1.17 bits per heavy atom. The second-order valence-corrected chi connectivity index (χ2v) is 9.66. The van der Waals surface area contributed by atoms with Crippen molar-refractivity contribution in [3.8, 4) is 11.5 Å². The van der Waals surface area contributed by atoms with E-state index in [0.29, 0.717) is 0 Å². The van der Waals surface area contributed by atoms with Gasteiger partial charge in [-0.3, -0.25) is 0 Å². The van der Waals surface area contributed by atoms with Gasteiger partial charge in [-0.15, -0.1) is 0 Å². The Kier molecular flexibility index (Phi) is 3.53. The number of hydrogen-bond acceptors (Lipinski definition) is 1. The number of nitrogens with one attached hydrogen (secondary N) is 2. The SMILES string of the molecule is CC1(c2ccccc2)c2ccc3[nH]c4ccccc4c3c2Oc2ccc3[nH]c4ccccc4c3c21. The monoisotopic (exact) mass is 450 g/mol. The van der Waals surface area contributed by atoms with Crippen LogP contribution in [0.25, 0.3) is 43.6 Å². The highest BCUT2D eigenvalue weighted by atomic mass is 16.5. The number of hydrogen-bond donors (Lipinski definition) is 2. The van der Waals surface area contributed by atoms with E-state index in [9.17, 15) is 0 Å². The van der Waals surface area contributed by atoms with E-state index in [1.165, 1.54) is 32.8 Å². The molecule has 1 aliphatic rings. The van der Waals surface area contributed by atoms with Gasteiger partial charge >= 0.3 is 0 Å². The zero-order valence-corrected chi connectivity index (χ0v) is 19.2. The molecule has 0 amide bonds. The molecule has 166 valence electrons. The topological polar surface area (TPSA) is 40.8 Å². The largest absolute Gasteiger partial charge is 0.456 e. The van der Waals surface area contributed by atoms with Gasteiger partial charge in [0, 0.05) is 43.8 Å².